The molecular formula is C17H26O5. The second-order valence-corrected chi connectivity index (χ2v) is 6.59. The van der Waals surface area contributed by atoms with E-state index in [-0.39, 0.29) is 11.2 Å². The van der Waals surface area contributed by atoms with Gasteiger partial charge >= 0.3 is 0 Å². The minimum absolute atomic E-state index is 0.0452. The lowest BCUT2D eigenvalue weighted by Gasteiger charge is -2.38. The normalized spacial score (nSPS) is 24.9. The van der Waals surface area contributed by atoms with Gasteiger partial charge in [0.2, 0.25) is 5.78 Å². The van der Waals surface area contributed by atoms with Crippen LogP contribution in [-0.4, -0.2) is 45.3 Å². The van der Waals surface area contributed by atoms with Gasteiger partial charge in [-0.3, -0.25) is 4.79 Å². The van der Waals surface area contributed by atoms with Crippen LogP contribution in [0.5, 0.6) is 0 Å². The summed E-state index contributed by atoms with van der Waals surface area (Å²) in [5.41, 5.74) is 1.42. The van der Waals surface area contributed by atoms with Crippen LogP contribution in [0.1, 0.15) is 33.6 Å². The first-order valence-electron chi connectivity index (χ1n) is 7.69. The average molecular weight is 310 g/mol. The Hall–Kier alpha value is -1.01. The lowest BCUT2D eigenvalue weighted by molar-refractivity contribution is -0.213. The molecule has 0 bridgehead atoms. The molecule has 0 unspecified atom stereocenters. The summed E-state index contributed by atoms with van der Waals surface area (Å²) in [6.07, 6.45) is 4.74. The fraction of sp³-hybridized carbons (Fsp3) is 0.706. The molecule has 1 aliphatic heterocycles. The number of hydrogen-bond donors (Lipinski definition) is 0. The molecule has 1 fully saturated rings. The number of ketones is 1. The van der Waals surface area contributed by atoms with Crippen LogP contribution in [0, 0.1) is 5.41 Å². The van der Waals surface area contributed by atoms with E-state index in [9.17, 15) is 4.79 Å². The maximum Gasteiger partial charge on any atom is 0.254 e. The number of carbonyl (C=O) groups is 1. The average Bonchev–Trinajstić information content (AvgIpc) is 2.49. The van der Waals surface area contributed by atoms with Gasteiger partial charge in [0.15, 0.2) is 6.29 Å². The first kappa shape index (κ1) is 17.3. The fourth-order valence-corrected chi connectivity index (χ4v) is 2.68. The number of Topliss-reactive ketones (excluding diaryl/α,β-unsaturated/α-hetero) is 1. The van der Waals surface area contributed by atoms with Crippen LogP contribution in [-0.2, 0) is 23.7 Å². The maximum atomic E-state index is 12.8. The van der Waals surface area contributed by atoms with E-state index in [1.54, 1.807) is 6.08 Å². The molecule has 1 saturated heterocycles. The van der Waals surface area contributed by atoms with E-state index in [1.807, 2.05) is 6.08 Å². The van der Waals surface area contributed by atoms with Gasteiger partial charge in [-0.05, 0) is 24.1 Å². The maximum absolute atomic E-state index is 12.8. The number of rotatable bonds is 5. The number of ether oxygens (including phenoxy) is 4. The molecule has 124 valence electrons. The zero-order chi connectivity index (χ0) is 16.4. The van der Waals surface area contributed by atoms with E-state index in [2.05, 4.69) is 20.8 Å². The second kappa shape index (κ2) is 6.62. The molecule has 2 rings (SSSR count). The van der Waals surface area contributed by atoms with E-state index in [1.165, 1.54) is 14.2 Å². The molecule has 0 aromatic rings. The number of carbonyl (C=O) groups excluding carboxylic acids is 1. The van der Waals surface area contributed by atoms with Gasteiger partial charge in [-0.1, -0.05) is 27.2 Å². The highest BCUT2D eigenvalue weighted by Gasteiger charge is 2.45. The Morgan fingerprint density at radius 3 is 2.32 bits per heavy atom. The predicted octanol–water partition coefficient (Wildman–Crippen LogP) is 2.61. The summed E-state index contributed by atoms with van der Waals surface area (Å²) in [5, 5.41) is 0. The second-order valence-electron chi connectivity index (χ2n) is 6.59. The van der Waals surface area contributed by atoms with Crippen molar-refractivity contribution in [1.29, 1.82) is 0 Å². The van der Waals surface area contributed by atoms with Crippen molar-refractivity contribution in [2.45, 2.75) is 45.7 Å². The van der Waals surface area contributed by atoms with Crippen molar-refractivity contribution in [3.63, 3.8) is 0 Å². The third-order valence-electron chi connectivity index (χ3n) is 3.94. The Labute approximate surface area is 132 Å². The molecule has 1 aliphatic carbocycles. The van der Waals surface area contributed by atoms with Crippen molar-refractivity contribution in [2.24, 2.45) is 5.41 Å². The number of hydrogen-bond acceptors (Lipinski definition) is 5. The highest BCUT2D eigenvalue weighted by atomic mass is 16.7. The first-order chi connectivity index (χ1) is 10.4. The number of methoxy groups -OCH3 is 2. The molecule has 0 aromatic heterocycles. The summed E-state index contributed by atoms with van der Waals surface area (Å²) >= 11 is 0. The van der Waals surface area contributed by atoms with E-state index in [0.717, 1.165) is 18.4 Å². The van der Waals surface area contributed by atoms with Gasteiger partial charge in [0.05, 0.1) is 18.8 Å². The van der Waals surface area contributed by atoms with E-state index in [0.29, 0.717) is 18.8 Å². The third kappa shape index (κ3) is 3.33. The van der Waals surface area contributed by atoms with Crippen LogP contribution >= 0.6 is 0 Å². The van der Waals surface area contributed by atoms with Crippen LogP contribution in [0.25, 0.3) is 0 Å². The van der Waals surface area contributed by atoms with Crippen molar-refractivity contribution >= 4 is 5.78 Å². The van der Waals surface area contributed by atoms with Crippen molar-refractivity contribution in [1.82, 2.24) is 0 Å². The van der Waals surface area contributed by atoms with E-state index in [4.69, 9.17) is 18.9 Å². The van der Waals surface area contributed by atoms with Gasteiger partial charge in [0.1, 0.15) is 0 Å². The Morgan fingerprint density at radius 1 is 1.23 bits per heavy atom. The van der Waals surface area contributed by atoms with Crippen molar-refractivity contribution in [2.75, 3.05) is 27.4 Å². The Kier molecular flexibility index (Phi) is 5.22. The smallest absolute Gasteiger partial charge is 0.254 e. The molecule has 0 spiro atoms. The van der Waals surface area contributed by atoms with Crippen molar-refractivity contribution in [3.05, 3.63) is 23.3 Å². The van der Waals surface area contributed by atoms with E-state index >= 15 is 0 Å². The largest absolute Gasteiger partial charge is 0.348 e. The predicted molar refractivity (Wildman–Crippen MR) is 82.3 cm³/mol. The van der Waals surface area contributed by atoms with Crippen LogP contribution in [0.3, 0.4) is 0 Å². The van der Waals surface area contributed by atoms with Gasteiger partial charge in [0.25, 0.3) is 5.79 Å². The molecule has 0 radical (unpaired) electrons. The zero-order valence-electron chi connectivity index (χ0n) is 14.1. The standard InChI is InChI=1S/C17H26O5/c1-6-7-12-8-13(14(18)17(9-12,19-4)20-5)15-21-10-16(2,3)11-22-15/h8-9,15H,6-7,10-11H2,1-5H3. The Balaban J connectivity index is 2.29. The summed E-state index contributed by atoms with van der Waals surface area (Å²) in [5.74, 6) is -1.64. The lowest BCUT2D eigenvalue weighted by Crippen LogP contribution is -2.48. The molecule has 1 heterocycles. The van der Waals surface area contributed by atoms with Crippen LogP contribution in [0.2, 0.25) is 0 Å². The van der Waals surface area contributed by atoms with E-state index < -0.39 is 12.1 Å². The summed E-state index contributed by atoms with van der Waals surface area (Å²) < 4.78 is 22.3. The molecule has 22 heavy (non-hydrogen) atoms. The summed E-state index contributed by atoms with van der Waals surface area (Å²) in [6.45, 7) is 7.31. The van der Waals surface area contributed by atoms with Gasteiger partial charge in [-0.25, -0.2) is 0 Å². The van der Waals surface area contributed by atoms with Gasteiger partial charge in [-0.2, -0.15) is 0 Å². The fourth-order valence-electron chi connectivity index (χ4n) is 2.68. The SMILES string of the molecule is CCCC1=CC(OC)(OC)C(=O)C(C2OCC(C)(C)CO2)=C1. The molecule has 0 amide bonds. The van der Waals surface area contributed by atoms with Crippen LogP contribution in [0.4, 0.5) is 0 Å². The summed E-state index contributed by atoms with van der Waals surface area (Å²) in [4.78, 5) is 12.8. The van der Waals surface area contributed by atoms with Crippen molar-refractivity contribution < 1.29 is 23.7 Å². The first-order valence-corrected chi connectivity index (χ1v) is 7.69. The molecular weight excluding hydrogens is 284 g/mol. The molecule has 5 heteroatoms. The van der Waals surface area contributed by atoms with Crippen LogP contribution in [0.15, 0.2) is 23.3 Å². The number of allylic oxidation sites excluding steroid dienone is 2. The topological polar surface area (TPSA) is 54.0 Å². The zero-order valence-corrected chi connectivity index (χ0v) is 14.1. The van der Waals surface area contributed by atoms with Gasteiger partial charge in [0, 0.05) is 19.6 Å². The highest BCUT2D eigenvalue weighted by Crippen LogP contribution is 2.34. The molecule has 0 N–H and O–H groups in total. The molecule has 0 saturated carbocycles. The molecule has 0 aromatic carbocycles. The quantitative estimate of drug-likeness (QED) is 0.731. The molecule has 0 atom stereocenters. The lowest BCUT2D eigenvalue weighted by atomic mass is 9.89. The van der Waals surface area contributed by atoms with Crippen molar-refractivity contribution in [3.8, 4) is 0 Å². The minimum Gasteiger partial charge on any atom is -0.348 e. The summed E-state index contributed by atoms with van der Waals surface area (Å²) in [7, 11) is 2.94. The van der Waals surface area contributed by atoms with Crippen LogP contribution < -0.4 is 0 Å². The monoisotopic (exact) mass is 310 g/mol. The molecule has 2 aliphatic rings. The summed E-state index contributed by atoms with van der Waals surface area (Å²) in [6, 6.07) is 0. The Bertz CT molecular complexity index is 475. The van der Waals surface area contributed by atoms with Gasteiger partial charge < -0.3 is 18.9 Å². The molecule has 5 nitrogen and oxygen atoms in total. The Morgan fingerprint density at radius 2 is 1.82 bits per heavy atom. The highest BCUT2D eigenvalue weighted by molar-refractivity contribution is 6.04. The minimum atomic E-state index is -1.38. The third-order valence-corrected chi connectivity index (χ3v) is 3.94. The van der Waals surface area contributed by atoms with Gasteiger partial charge in [-0.15, -0.1) is 0 Å².